The minimum absolute atomic E-state index is 0.0160. The maximum absolute atomic E-state index is 12.6. The number of halogens is 4. The van der Waals surface area contributed by atoms with E-state index in [4.69, 9.17) is 10.1 Å². The summed E-state index contributed by atoms with van der Waals surface area (Å²) < 4.78 is 34.9. The molecule has 1 saturated carbocycles. The molecule has 9 heteroatoms. The number of nitrogens with one attached hydrogen (secondary N) is 1. The number of hydrogen-bond acceptors (Lipinski definition) is 5. The maximum atomic E-state index is 12.6. The molecule has 1 aliphatic carbocycles. The molecule has 2 N–H and O–H groups in total. The Kier molecular flexibility index (Phi) is 6.94. The zero-order valence-corrected chi connectivity index (χ0v) is 16.6. The Bertz CT molecular complexity index is 776. The van der Waals surface area contributed by atoms with E-state index < -0.39 is 18.3 Å². The molecule has 0 saturated heterocycles. The van der Waals surface area contributed by atoms with Crippen LogP contribution in [-0.2, 0) is 9.53 Å². The summed E-state index contributed by atoms with van der Waals surface area (Å²) in [6, 6.07) is 2.80. The highest BCUT2D eigenvalue weighted by Crippen LogP contribution is 2.41. The topological polar surface area (TPSA) is 79.6 Å². The Balaban J connectivity index is 2.54. The van der Waals surface area contributed by atoms with E-state index in [0.717, 1.165) is 12.8 Å². The molecule has 0 aliphatic heterocycles. The molecule has 0 atom stereocenters. The number of alkyl halides is 2. The van der Waals surface area contributed by atoms with Crippen molar-refractivity contribution < 1.29 is 28.2 Å². The Morgan fingerprint density at radius 1 is 1.42 bits per heavy atom. The summed E-state index contributed by atoms with van der Waals surface area (Å²) in [6.45, 7) is 0.274. The highest BCUT2D eigenvalue weighted by Gasteiger charge is 2.35. The fourth-order valence-electron chi connectivity index (χ4n) is 2.16. The van der Waals surface area contributed by atoms with Crippen LogP contribution >= 0.6 is 31.9 Å². The highest BCUT2D eigenvalue weighted by molar-refractivity contribution is 9.11. The van der Waals surface area contributed by atoms with Gasteiger partial charge in [0.1, 0.15) is 17.9 Å². The third kappa shape index (κ3) is 4.70. The monoisotopic (exact) mass is 493 g/mol. The van der Waals surface area contributed by atoms with Gasteiger partial charge < -0.3 is 20.0 Å². The van der Waals surface area contributed by atoms with Crippen LogP contribution in [0.5, 0.6) is 5.75 Å². The zero-order chi connectivity index (χ0) is 19.4. The summed E-state index contributed by atoms with van der Waals surface area (Å²) in [6.07, 6.45) is 2.81. The van der Waals surface area contributed by atoms with Gasteiger partial charge in [-0.3, -0.25) is 0 Å². The Morgan fingerprint density at radius 3 is 2.62 bits per heavy atom. The molecule has 1 fully saturated rings. The molecule has 26 heavy (non-hydrogen) atoms. The third-order valence-electron chi connectivity index (χ3n) is 3.54. The van der Waals surface area contributed by atoms with Crippen molar-refractivity contribution in [3.63, 3.8) is 0 Å². The largest absolute Gasteiger partial charge is 0.506 e. The van der Waals surface area contributed by atoms with Crippen molar-refractivity contribution in [2.75, 3.05) is 6.61 Å². The van der Waals surface area contributed by atoms with Gasteiger partial charge in [0.15, 0.2) is 5.75 Å². The van der Waals surface area contributed by atoms with Gasteiger partial charge in [-0.15, -0.1) is 0 Å². The quantitative estimate of drug-likeness (QED) is 0.170. The van der Waals surface area contributed by atoms with Crippen LogP contribution in [0.25, 0.3) is 5.76 Å². The average molecular weight is 495 g/mol. The van der Waals surface area contributed by atoms with Crippen LogP contribution in [0.4, 0.5) is 8.78 Å². The van der Waals surface area contributed by atoms with E-state index in [1.54, 1.807) is 0 Å². The molecule has 1 aromatic rings. The maximum Gasteiger partial charge on any atom is 0.387 e. The second-order valence-corrected chi connectivity index (χ2v) is 7.06. The molecule has 0 bridgehead atoms. The molecular weight excluding hydrogens is 480 g/mol. The standard InChI is InChI=1S/C17H15Br2F2NO4/c1-2-7-25-16(24)11(13(22)8-3-4-8)14(23)9-5-6-10(18)15(12(9)19)26-17(20)21/h2,5-6,8,17,22-23H,1,3-4,7H2. The highest BCUT2D eigenvalue weighted by atomic mass is 79.9. The van der Waals surface area contributed by atoms with Crippen LogP contribution in [0.2, 0.25) is 0 Å². The average Bonchev–Trinajstić information content (AvgIpc) is 3.41. The number of aliphatic hydroxyl groups is 1. The molecule has 1 aromatic carbocycles. The van der Waals surface area contributed by atoms with Crippen molar-refractivity contribution in [3.05, 3.63) is 44.9 Å². The number of rotatable bonds is 8. The number of esters is 1. The van der Waals surface area contributed by atoms with Crippen LogP contribution in [0, 0.1) is 11.3 Å². The lowest BCUT2D eigenvalue weighted by Crippen LogP contribution is -2.19. The lowest BCUT2D eigenvalue weighted by Gasteiger charge is -2.15. The minimum Gasteiger partial charge on any atom is -0.506 e. The van der Waals surface area contributed by atoms with E-state index in [-0.39, 0.29) is 44.1 Å². The molecule has 0 amide bonds. The lowest BCUT2D eigenvalue weighted by molar-refractivity contribution is -0.137. The normalized spacial score (nSPS) is 14.7. The first kappa shape index (κ1) is 20.6. The molecule has 0 spiro atoms. The second-order valence-electron chi connectivity index (χ2n) is 5.42. The fourth-order valence-corrected chi connectivity index (χ4v) is 3.48. The summed E-state index contributed by atoms with van der Waals surface area (Å²) in [5, 5.41) is 18.8. The van der Waals surface area contributed by atoms with Crippen molar-refractivity contribution in [1.29, 1.82) is 5.41 Å². The van der Waals surface area contributed by atoms with E-state index in [1.165, 1.54) is 18.2 Å². The summed E-state index contributed by atoms with van der Waals surface area (Å²) in [5.74, 6) is -1.81. The van der Waals surface area contributed by atoms with Gasteiger partial charge in [0.05, 0.1) is 14.7 Å². The number of benzene rings is 1. The minimum atomic E-state index is -3.08. The van der Waals surface area contributed by atoms with Crippen molar-refractivity contribution >= 4 is 49.3 Å². The molecule has 0 radical (unpaired) electrons. The number of aliphatic hydroxyl groups excluding tert-OH is 1. The summed E-state index contributed by atoms with van der Waals surface area (Å²) >= 11 is 6.20. The Morgan fingerprint density at radius 2 is 2.08 bits per heavy atom. The molecular formula is C17H15Br2F2NO4. The molecule has 0 heterocycles. The SMILES string of the molecule is C=CCOC(=O)C(C(=N)C1CC1)=C(O)c1ccc(Br)c(OC(F)F)c1Br. The fraction of sp³-hybridized carbons (Fsp3) is 0.294. The van der Waals surface area contributed by atoms with Crippen LogP contribution in [-0.4, -0.2) is 30.0 Å². The zero-order valence-electron chi connectivity index (χ0n) is 13.4. The predicted octanol–water partition coefficient (Wildman–Crippen LogP) is 5.24. The van der Waals surface area contributed by atoms with Gasteiger partial charge >= 0.3 is 12.6 Å². The van der Waals surface area contributed by atoms with Gasteiger partial charge in [0.2, 0.25) is 0 Å². The van der Waals surface area contributed by atoms with Gasteiger partial charge in [-0.1, -0.05) is 12.7 Å². The summed E-state index contributed by atoms with van der Waals surface area (Å²) in [4.78, 5) is 12.3. The first-order valence-electron chi connectivity index (χ1n) is 7.51. The Hall–Kier alpha value is -1.74. The molecule has 0 unspecified atom stereocenters. The second kappa shape index (κ2) is 8.77. The van der Waals surface area contributed by atoms with E-state index in [1.807, 2.05) is 0 Å². The molecule has 0 aromatic heterocycles. The molecule has 5 nitrogen and oxygen atoms in total. The van der Waals surface area contributed by atoms with E-state index in [9.17, 15) is 18.7 Å². The van der Waals surface area contributed by atoms with Crippen LogP contribution in [0.3, 0.4) is 0 Å². The van der Waals surface area contributed by atoms with Crippen molar-refractivity contribution in [3.8, 4) is 5.75 Å². The summed E-state index contributed by atoms with van der Waals surface area (Å²) in [5.41, 5.74) is -0.331. The lowest BCUT2D eigenvalue weighted by atomic mass is 10.0. The van der Waals surface area contributed by atoms with E-state index in [2.05, 4.69) is 43.2 Å². The van der Waals surface area contributed by atoms with E-state index >= 15 is 0 Å². The number of carbonyl (C=O) groups is 1. The van der Waals surface area contributed by atoms with Crippen molar-refractivity contribution in [2.24, 2.45) is 5.92 Å². The van der Waals surface area contributed by atoms with Gasteiger partial charge in [-0.25, -0.2) is 4.79 Å². The first-order chi connectivity index (χ1) is 12.3. The van der Waals surface area contributed by atoms with E-state index in [0.29, 0.717) is 0 Å². The van der Waals surface area contributed by atoms with Gasteiger partial charge in [0.25, 0.3) is 0 Å². The number of hydrogen-bond donors (Lipinski definition) is 2. The first-order valence-corrected chi connectivity index (χ1v) is 9.09. The number of ether oxygens (including phenoxy) is 2. The van der Waals surface area contributed by atoms with Crippen molar-refractivity contribution in [2.45, 2.75) is 19.5 Å². The van der Waals surface area contributed by atoms with Crippen LogP contribution in [0.15, 0.2) is 39.3 Å². The van der Waals surface area contributed by atoms with Crippen molar-refractivity contribution in [1.82, 2.24) is 0 Å². The predicted molar refractivity (Wildman–Crippen MR) is 99.6 cm³/mol. The smallest absolute Gasteiger partial charge is 0.387 e. The Labute approximate surface area is 165 Å². The number of carbonyl (C=O) groups excluding carboxylic acids is 1. The van der Waals surface area contributed by atoms with Gasteiger partial charge in [-0.2, -0.15) is 8.78 Å². The molecule has 2 rings (SSSR count). The van der Waals surface area contributed by atoms with Crippen LogP contribution in [0.1, 0.15) is 18.4 Å². The third-order valence-corrected chi connectivity index (χ3v) is 4.95. The van der Waals surface area contributed by atoms with Gasteiger partial charge in [-0.05, 0) is 56.8 Å². The summed E-state index contributed by atoms with van der Waals surface area (Å²) in [7, 11) is 0. The van der Waals surface area contributed by atoms with Gasteiger partial charge in [0, 0.05) is 11.5 Å². The van der Waals surface area contributed by atoms with Crippen LogP contribution < -0.4 is 4.74 Å². The molecule has 1 aliphatic rings. The molecule has 140 valence electrons.